The van der Waals surface area contributed by atoms with E-state index in [0.29, 0.717) is 5.70 Å². The normalized spacial score (nSPS) is 10.8. The van der Waals surface area contributed by atoms with Gasteiger partial charge in [-0.25, -0.2) is 4.79 Å². The van der Waals surface area contributed by atoms with Crippen LogP contribution in [-0.4, -0.2) is 20.1 Å². The minimum absolute atomic E-state index is 0.333. The van der Waals surface area contributed by atoms with E-state index >= 15 is 0 Å². The first-order valence-corrected chi connectivity index (χ1v) is 2.68. The van der Waals surface area contributed by atoms with Crippen LogP contribution in [0, 0.1) is 0 Å². The van der Waals surface area contributed by atoms with Gasteiger partial charge in [0.2, 0.25) is 0 Å². The number of methoxy groups -OCH3 is 1. The van der Waals surface area contributed by atoms with Crippen molar-refractivity contribution in [3.8, 4) is 0 Å². The summed E-state index contributed by atoms with van der Waals surface area (Å²) in [7, 11) is 3.02. The number of likely N-dealkylation sites (N-methyl/N-ethyl adjacent to an activating group) is 1. The highest BCUT2D eigenvalue weighted by Gasteiger charge is 2.02. The van der Waals surface area contributed by atoms with Crippen LogP contribution >= 0.6 is 0 Å². The van der Waals surface area contributed by atoms with Gasteiger partial charge in [-0.05, 0) is 6.92 Å². The molecule has 0 aliphatic heterocycles. The SMILES string of the molecule is C/C=C(\NC)C(=O)OC. The number of rotatable bonds is 2. The second-order valence-electron chi connectivity index (χ2n) is 1.44. The van der Waals surface area contributed by atoms with Gasteiger partial charge in [0.1, 0.15) is 5.70 Å². The van der Waals surface area contributed by atoms with Crippen LogP contribution in [0.1, 0.15) is 6.92 Å². The van der Waals surface area contributed by atoms with Gasteiger partial charge in [0, 0.05) is 7.05 Å². The summed E-state index contributed by atoms with van der Waals surface area (Å²) < 4.78 is 4.42. The molecule has 3 nitrogen and oxygen atoms in total. The molecule has 0 aromatic rings. The zero-order chi connectivity index (χ0) is 7.28. The Morgan fingerprint density at radius 2 is 2.22 bits per heavy atom. The third-order valence-corrected chi connectivity index (χ3v) is 0.963. The molecule has 0 fully saturated rings. The average Bonchev–Trinajstić information content (AvgIpc) is 1.90. The first-order valence-electron chi connectivity index (χ1n) is 2.68. The van der Waals surface area contributed by atoms with E-state index in [1.54, 1.807) is 20.0 Å². The number of carbonyl (C=O) groups is 1. The number of ether oxygens (including phenoxy) is 1. The number of esters is 1. The quantitative estimate of drug-likeness (QED) is 0.430. The van der Waals surface area contributed by atoms with Crippen LogP contribution in [0.25, 0.3) is 0 Å². The van der Waals surface area contributed by atoms with Crippen molar-refractivity contribution in [2.24, 2.45) is 0 Å². The summed E-state index contributed by atoms with van der Waals surface area (Å²) in [6.07, 6.45) is 1.66. The second-order valence-corrected chi connectivity index (χ2v) is 1.44. The molecular formula is C6H11NO2. The largest absolute Gasteiger partial charge is 0.464 e. The number of carbonyl (C=O) groups excluding carboxylic acids is 1. The Bertz CT molecular complexity index is 129. The van der Waals surface area contributed by atoms with Crippen molar-refractivity contribution in [2.45, 2.75) is 6.92 Å². The van der Waals surface area contributed by atoms with E-state index in [4.69, 9.17) is 0 Å². The minimum atomic E-state index is -0.333. The second kappa shape index (κ2) is 3.95. The monoisotopic (exact) mass is 129 g/mol. The Morgan fingerprint density at radius 3 is 2.33 bits per heavy atom. The third-order valence-electron chi connectivity index (χ3n) is 0.963. The molecule has 52 valence electrons. The summed E-state index contributed by atoms with van der Waals surface area (Å²) in [6.45, 7) is 1.77. The molecule has 0 saturated heterocycles. The lowest BCUT2D eigenvalue weighted by Crippen LogP contribution is -2.16. The maximum atomic E-state index is 10.6. The Morgan fingerprint density at radius 1 is 1.67 bits per heavy atom. The molecule has 1 N–H and O–H groups in total. The van der Waals surface area contributed by atoms with Crippen molar-refractivity contribution in [1.29, 1.82) is 0 Å². The summed E-state index contributed by atoms with van der Waals surface area (Å²) in [5.41, 5.74) is 0.484. The van der Waals surface area contributed by atoms with Crippen LogP contribution in [-0.2, 0) is 9.53 Å². The van der Waals surface area contributed by atoms with Crippen molar-refractivity contribution in [3.05, 3.63) is 11.8 Å². The van der Waals surface area contributed by atoms with Gasteiger partial charge in [0.25, 0.3) is 0 Å². The molecule has 3 heteroatoms. The lowest BCUT2D eigenvalue weighted by molar-refractivity contribution is -0.136. The highest BCUT2D eigenvalue weighted by atomic mass is 16.5. The average molecular weight is 129 g/mol. The van der Waals surface area contributed by atoms with Gasteiger partial charge >= 0.3 is 5.97 Å². The summed E-state index contributed by atoms with van der Waals surface area (Å²) in [5.74, 6) is -0.333. The Hall–Kier alpha value is -0.990. The smallest absolute Gasteiger partial charge is 0.353 e. The maximum Gasteiger partial charge on any atom is 0.353 e. The van der Waals surface area contributed by atoms with Gasteiger partial charge in [0.15, 0.2) is 0 Å². The molecule has 0 aromatic heterocycles. The van der Waals surface area contributed by atoms with E-state index in [9.17, 15) is 4.79 Å². The van der Waals surface area contributed by atoms with Crippen molar-refractivity contribution in [2.75, 3.05) is 14.2 Å². The van der Waals surface area contributed by atoms with Crippen molar-refractivity contribution >= 4 is 5.97 Å². The van der Waals surface area contributed by atoms with Crippen LogP contribution in [0.4, 0.5) is 0 Å². The molecule has 0 unspecified atom stereocenters. The van der Waals surface area contributed by atoms with Crippen molar-refractivity contribution in [3.63, 3.8) is 0 Å². The van der Waals surface area contributed by atoms with Crippen LogP contribution in [0.15, 0.2) is 11.8 Å². The predicted molar refractivity (Wildman–Crippen MR) is 34.8 cm³/mol. The Labute approximate surface area is 54.7 Å². The van der Waals surface area contributed by atoms with E-state index in [1.165, 1.54) is 7.11 Å². The molecule has 0 saturated carbocycles. The molecule has 0 aliphatic carbocycles. The van der Waals surface area contributed by atoms with Crippen molar-refractivity contribution in [1.82, 2.24) is 5.32 Å². The Kier molecular flexibility index (Phi) is 3.51. The molecule has 0 rings (SSSR count). The zero-order valence-electron chi connectivity index (χ0n) is 5.89. The summed E-state index contributed by atoms with van der Waals surface area (Å²) in [4.78, 5) is 10.6. The standard InChI is InChI=1S/C6H11NO2/c1-4-5(7-2)6(8)9-3/h4,7H,1-3H3/b5-4-. The van der Waals surface area contributed by atoms with Gasteiger partial charge in [-0.3, -0.25) is 0 Å². The first-order chi connectivity index (χ1) is 4.26. The number of hydrogen-bond donors (Lipinski definition) is 1. The first kappa shape index (κ1) is 8.01. The fourth-order valence-corrected chi connectivity index (χ4v) is 0.474. The number of hydrogen-bond acceptors (Lipinski definition) is 3. The summed E-state index contributed by atoms with van der Waals surface area (Å²) >= 11 is 0. The number of nitrogens with one attached hydrogen (secondary N) is 1. The lowest BCUT2D eigenvalue weighted by Gasteiger charge is -2.00. The van der Waals surface area contributed by atoms with Gasteiger partial charge in [-0.2, -0.15) is 0 Å². The summed E-state index contributed by atoms with van der Waals surface area (Å²) in [5, 5.41) is 2.69. The fourth-order valence-electron chi connectivity index (χ4n) is 0.474. The third kappa shape index (κ3) is 2.17. The van der Waals surface area contributed by atoms with E-state index in [1.807, 2.05) is 0 Å². The van der Waals surface area contributed by atoms with E-state index < -0.39 is 0 Å². The van der Waals surface area contributed by atoms with Crippen LogP contribution in [0.3, 0.4) is 0 Å². The van der Waals surface area contributed by atoms with Crippen LogP contribution in [0.5, 0.6) is 0 Å². The zero-order valence-corrected chi connectivity index (χ0v) is 5.89. The molecule has 0 aromatic carbocycles. The van der Waals surface area contributed by atoms with Gasteiger partial charge in [-0.1, -0.05) is 6.08 Å². The fraction of sp³-hybridized carbons (Fsp3) is 0.500. The van der Waals surface area contributed by atoms with Crippen molar-refractivity contribution < 1.29 is 9.53 Å². The molecule has 0 aliphatic rings. The maximum absolute atomic E-state index is 10.6. The van der Waals surface area contributed by atoms with Gasteiger partial charge < -0.3 is 10.1 Å². The van der Waals surface area contributed by atoms with Gasteiger partial charge in [-0.15, -0.1) is 0 Å². The predicted octanol–water partition coefficient (Wildman–Crippen LogP) is 0.283. The van der Waals surface area contributed by atoms with Crippen LogP contribution in [0.2, 0.25) is 0 Å². The highest BCUT2D eigenvalue weighted by molar-refractivity contribution is 5.87. The molecule has 0 amide bonds. The van der Waals surface area contributed by atoms with E-state index in [0.717, 1.165) is 0 Å². The highest BCUT2D eigenvalue weighted by Crippen LogP contribution is 1.88. The summed E-state index contributed by atoms with van der Waals surface area (Å²) in [6, 6.07) is 0. The minimum Gasteiger partial charge on any atom is -0.464 e. The van der Waals surface area contributed by atoms with Gasteiger partial charge in [0.05, 0.1) is 7.11 Å². The number of allylic oxidation sites excluding steroid dienone is 1. The topological polar surface area (TPSA) is 38.3 Å². The molecule has 0 spiro atoms. The molecule has 0 bridgehead atoms. The Balaban J connectivity index is 3.97. The molecule has 0 atom stereocenters. The molecule has 9 heavy (non-hydrogen) atoms. The van der Waals surface area contributed by atoms with E-state index in [2.05, 4.69) is 10.1 Å². The van der Waals surface area contributed by atoms with Crippen LogP contribution < -0.4 is 5.32 Å². The van der Waals surface area contributed by atoms with E-state index in [-0.39, 0.29) is 5.97 Å². The molecule has 0 heterocycles. The molecular weight excluding hydrogens is 118 g/mol. The lowest BCUT2D eigenvalue weighted by atomic mass is 10.4. The molecule has 0 radical (unpaired) electrons.